The van der Waals surface area contributed by atoms with Crippen LogP contribution in [0.15, 0.2) is 28.9 Å². The maximum atomic E-state index is 10.9. The Kier molecular flexibility index (Phi) is 2.85. The number of carbonyl (C=O) groups is 1. The minimum Gasteiger partial charge on any atom is -0.350 e. The van der Waals surface area contributed by atoms with Crippen LogP contribution in [0.3, 0.4) is 0 Å². The van der Waals surface area contributed by atoms with E-state index in [0.717, 1.165) is 20.9 Å². The van der Waals surface area contributed by atoms with Crippen molar-refractivity contribution in [3.8, 4) is 0 Å². The second-order valence-corrected chi connectivity index (χ2v) is 4.80. The molecule has 78 valence electrons. The highest BCUT2D eigenvalue weighted by molar-refractivity contribution is 9.10. The van der Waals surface area contributed by atoms with Gasteiger partial charge < -0.3 is 4.57 Å². The van der Waals surface area contributed by atoms with Gasteiger partial charge in [0.1, 0.15) is 0 Å². The summed E-state index contributed by atoms with van der Waals surface area (Å²) in [6.07, 6.45) is 2.22. The first kappa shape index (κ1) is 10.7. The van der Waals surface area contributed by atoms with E-state index in [4.69, 9.17) is 11.6 Å². The molecule has 0 saturated heterocycles. The summed E-state index contributed by atoms with van der Waals surface area (Å²) in [4.78, 5) is 10.9. The minimum absolute atomic E-state index is 0.273. The molecule has 0 aliphatic heterocycles. The molecule has 0 unspecified atom stereocenters. The molecule has 0 spiro atoms. The number of rotatable bonds is 2. The Bertz CT molecular complexity index is 533. The van der Waals surface area contributed by atoms with Crippen LogP contribution in [0, 0.1) is 0 Å². The van der Waals surface area contributed by atoms with Crippen LogP contribution in [0.2, 0.25) is 0 Å². The average molecular weight is 287 g/mol. The van der Waals surface area contributed by atoms with Crippen molar-refractivity contribution in [3.63, 3.8) is 0 Å². The zero-order valence-corrected chi connectivity index (χ0v) is 10.5. The molecule has 2 rings (SSSR count). The lowest BCUT2D eigenvalue weighted by molar-refractivity contribution is -0.111. The molecule has 0 bridgehead atoms. The van der Waals surface area contributed by atoms with Gasteiger partial charge >= 0.3 is 0 Å². The lowest BCUT2D eigenvalue weighted by atomic mass is 10.1. The summed E-state index contributed by atoms with van der Waals surface area (Å²) in [5.41, 5.74) is 2.07. The zero-order valence-electron chi connectivity index (χ0n) is 8.13. The third kappa shape index (κ3) is 2.08. The SMILES string of the molecule is Cn1cc(CC(=O)Cl)c2cc(Br)ccc21. The van der Waals surface area contributed by atoms with Gasteiger partial charge in [0.15, 0.2) is 0 Å². The van der Waals surface area contributed by atoms with Gasteiger partial charge in [0.25, 0.3) is 0 Å². The Morgan fingerprint density at radius 1 is 1.53 bits per heavy atom. The van der Waals surface area contributed by atoms with Crippen LogP contribution in [0.25, 0.3) is 10.9 Å². The summed E-state index contributed by atoms with van der Waals surface area (Å²) in [7, 11) is 1.96. The van der Waals surface area contributed by atoms with Crippen LogP contribution in [-0.2, 0) is 18.3 Å². The number of nitrogens with zero attached hydrogens (tertiary/aromatic N) is 1. The Morgan fingerprint density at radius 2 is 2.27 bits per heavy atom. The topological polar surface area (TPSA) is 22.0 Å². The van der Waals surface area contributed by atoms with E-state index in [-0.39, 0.29) is 11.7 Å². The van der Waals surface area contributed by atoms with Crippen molar-refractivity contribution in [2.24, 2.45) is 7.05 Å². The van der Waals surface area contributed by atoms with Crippen molar-refractivity contribution in [2.75, 3.05) is 0 Å². The number of fused-ring (bicyclic) bond motifs is 1. The third-order valence-electron chi connectivity index (χ3n) is 2.36. The van der Waals surface area contributed by atoms with Gasteiger partial charge in [-0.1, -0.05) is 15.9 Å². The number of carbonyl (C=O) groups excluding carboxylic acids is 1. The van der Waals surface area contributed by atoms with E-state index in [2.05, 4.69) is 15.9 Å². The maximum Gasteiger partial charge on any atom is 0.226 e. The number of aromatic nitrogens is 1. The van der Waals surface area contributed by atoms with Gasteiger partial charge in [-0.15, -0.1) is 0 Å². The highest BCUT2D eigenvalue weighted by Crippen LogP contribution is 2.25. The number of hydrogen-bond acceptors (Lipinski definition) is 1. The molecule has 0 saturated carbocycles. The van der Waals surface area contributed by atoms with Crippen LogP contribution in [-0.4, -0.2) is 9.81 Å². The van der Waals surface area contributed by atoms with Crippen molar-refractivity contribution < 1.29 is 4.79 Å². The van der Waals surface area contributed by atoms with Crippen LogP contribution in [0.5, 0.6) is 0 Å². The van der Waals surface area contributed by atoms with Gasteiger partial charge in [-0.3, -0.25) is 4.79 Å². The molecular formula is C11H9BrClNO. The first-order valence-electron chi connectivity index (χ1n) is 4.49. The van der Waals surface area contributed by atoms with E-state index >= 15 is 0 Å². The molecular weight excluding hydrogens is 277 g/mol. The fourth-order valence-electron chi connectivity index (χ4n) is 1.74. The van der Waals surface area contributed by atoms with E-state index < -0.39 is 0 Å². The average Bonchev–Trinajstić information content (AvgIpc) is 2.42. The van der Waals surface area contributed by atoms with Crippen molar-refractivity contribution in [2.45, 2.75) is 6.42 Å². The van der Waals surface area contributed by atoms with Crippen molar-refractivity contribution in [1.29, 1.82) is 0 Å². The fraction of sp³-hybridized carbons (Fsp3) is 0.182. The van der Waals surface area contributed by atoms with Gasteiger partial charge in [0.05, 0.1) is 0 Å². The monoisotopic (exact) mass is 285 g/mol. The smallest absolute Gasteiger partial charge is 0.226 e. The predicted octanol–water partition coefficient (Wildman–Crippen LogP) is 3.25. The highest BCUT2D eigenvalue weighted by Gasteiger charge is 2.09. The quantitative estimate of drug-likeness (QED) is 0.777. The standard InChI is InChI=1S/C11H9BrClNO/c1-14-6-7(4-11(13)15)9-5-8(12)2-3-10(9)14/h2-3,5-6H,4H2,1H3. The molecule has 2 aromatic rings. The van der Waals surface area contributed by atoms with Crippen LogP contribution in [0.4, 0.5) is 0 Å². The zero-order chi connectivity index (χ0) is 11.0. The summed E-state index contributed by atoms with van der Waals surface area (Å²) in [5, 5.41) is 0.739. The van der Waals surface area contributed by atoms with Crippen molar-refractivity contribution in [1.82, 2.24) is 4.57 Å². The molecule has 1 aromatic heterocycles. The van der Waals surface area contributed by atoms with E-state index in [1.165, 1.54) is 0 Å². The lowest BCUT2D eigenvalue weighted by Gasteiger charge is -1.96. The molecule has 0 aliphatic rings. The van der Waals surface area contributed by atoms with Crippen LogP contribution < -0.4 is 0 Å². The largest absolute Gasteiger partial charge is 0.350 e. The van der Waals surface area contributed by atoms with E-state index in [9.17, 15) is 4.79 Å². The lowest BCUT2D eigenvalue weighted by Crippen LogP contribution is -1.91. The summed E-state index contributed by atoms with van der Waals surface area (Å²) in [6, 6.07) is 6.00. The van der Waals surface area contributed by atoms with Crippen LogP contribution >= 0.6 is 27.5 Å². The van der Waals surface area contributed by atoms with E-state index in [1.54, 1.807) is 0 Å². The Hall–Kier alpha value is -0.800. The molecule has 1 heterocycles. The Morgan fingerprint density at radius 3 is 2.93 bits per heavy atom. The summed E-state index contributed by atoms with van der Waals surface area (Å²) in [6.45, 7) is 0. The second-order valence-electron chi connectivity index (χ2n) is 3.46. The molecule has 0 amide bonds. The van der Waals surface area contributed by atoms with E-state index in [0.29, 0.717) is 0 Å². The molecule has 2 nitrogen and oxygen atoms in total. The summed E-state index contributed by atoms with van der Waals surface area (Å²) in [5.74, 6) is 0. The molecule has 1 aromatic carbocycles. The Labute approximate surface area is 101 Å². The maximum absolute atomic E-state index is 10.9. The predicted molar refractivity (Wildman–Crippen MR) is 65.2 cm³/mol. The molecule has 0 fully saturated rings. The van der Waals surface area contributed by atoms with Gasteiger partial charge in [-0.2, -0.15) is 0 Å². The second kappa shape index (κ2) is 3.99. The van der Waals surface area contributed by atoms with Gasteiger partial charge in [0, 0.05) is 35.0 Å². The van der Waals surface area contributed by atoms with Gasteiger partial charge in [-0.25, -0.2) is 0 Å². The first-order valence-corrected chi connectivity index (χ1v) is 5.67. The highest BCUT2D eigenvalue weighted by atomic mass is 79.9. The van der Waals surface area contributed by atoms with E-state index in [1.807, 2.05) is 36.0 Å². The first-order chi connectivity index (χ1) is 7.08. The van der Waals surface area contributed by atoms with Crippen molar-refractivity contribution in [3.05, 3.63) is 34.4 Å². The number of benzene rings is 1. The normalized spacial score (nSPS) is 10.9. The minimum atomic E-state index is -0.331. The van der Waals surface area contributed by atoms with Crippen LogP contribution in [0.1, 0.15) is 5.56 Å². The molecule has 0 N–H and O–H groups in total. The molecule has 0 radical (unpaired) electrons. The fourth-order valence-corrected chi connectivity index (χ4v) is 2.24. The van der Waals surface area contributed by atoms with Gasteiger partial charge in [0.2, 0.25) is 5.24 Å². The molecule has 15 heavy (non-hydrogen) atoms. The Balaban J connectivity index is 2.64. The number of hydrogen-bond donors (Lipinski definition) is 0. The molecule has 4 heteroatoms. The summed E-state index contributed by atoms with van der Waals surface area (Å²) < 4.78 is 3.00. The van der Waals surface area contributed by atoms with Gasteiger partial charge in [-0.05, 0) is 35.4 Å². The molecule has 0 atom stereocenters. The third-order valence-corrected chi connectivity index (χ3v) is 2.99. The number of halogens is 2. The summed E-state index contributed by atoms with van der Waals surface area (Å²) >= 11 is 8.82. The number of aryl methyl sites for hydroxylation is 1. The van der Waals surface area contributed by atoms with Crippen molar-refractivity contribution >= 4 is 43.7 Å². The molecule has 0 aliphatic carbocycles.